The molecule has 2 saturated heterocycles. The zero-order chi connectivity index (χ0) is 19.7. The van der Waals surface area contributed by atoms with E-state index in [9.17, 15) is 10.1 Å². The molecule has 0 saturated carbocycles. The summed E-state index contributed by atoms with van der Waals surface area (Å²) in [4.78, 5) is 21.4. The second-order valence-electron chi connectivity index (χ2n) is 8.33. The van der Waals surface area contributed by atoms with Crippen molar-refractivity contribution < 1.29 is 4.79 Å². The van der Waals surface area contributed by atoms with Crippen LogP contribution in [-0.2, 0) is 4.79 Å². The highest BCUT2D eigenvalue weighted by Crippen LogP contribution is 2.35. The van der Waals surface area contributed by atoms with Crippen LogP contribution in [0.4, 0.5) is 5.69 Å². The number of hydrogen-bond acceptors (Lipinski definition) is 4. The van der Waals surface area contributed by atoms with Crippen LogP contribution < -0.4 is 4.90 Å². The molecule has 0 aliphatic carbocycles. The minimum Gasteiger partial charge on any atom is -0.370 e. The van der Waals surface area contributed by atoms with Gasteiger partial charge in [-0.1, -0.05) is 11.6 Å². The quantitative estimate of drug-likeness (QED) is 0.814. The third-order valence-corrected chi connectivity index (χ3v) is 6.25. The number of nitriles is 1. The average molecular weight is 377 g/mol. The molecule has 3 heterocycles. The highest BCUT2D eigenvalue weighted by molar-refractivity contribution is 5.96. The lowest BCUT2D eigenvalue weighted by Crippen LogP contribution is -2.37. The number of aryl methyl sites for hydroxylation is 2. The fourth-order valence-corrected chi connectivity index (χ4v) is 4.77. The minimum atomic E-state index is 0.328. The highest BCUT2D eigenvalue weighted by atomic mass is 16.2. The Kier molecular flexibility index (Phi) is 5.21. The van der Waals surface area contributed by atoms with E-state index in [1.807, 2.05) is 4.90 Å². The molecule has 0 unspecified atom stereocenters. The number of aromatic nitrogens is 1. The molecule has 0 radical (unpaired) electrons. The van der Waals surface area contributed by atoms with Gasteiger partial charge in [0.25, 0.3) is 0 Å². The number of fused-ring (bicyclic) bond motifs is 1. The topological polar surface area (TPSA) is 60.2 Å². The molecular formula is C23H28N4O. The third-order valence-electron chi connectivity index (χ3n) is 6.25. The van der Waals surface area contributed by atoms with Gasteiger partial charge in [0.15, 0.2) is 0 Å². The lowest BCUT2D eigenvalue weighted by atomic mass is 9.92. The summed E-state index contributed by atoms with van der Waals surface area (Å²) in [7, 11) is 0. The highest BCUT2D eigenvalue weighted by Gasteiger charge is 2.27. The monoisotopic (exact) mass is 376 g/mol. The predicted molar refractivity (Wildman–Crippen MR) is 111 cm³/mol. The SMILES string of the molecule is Cc1cc(C)c2ncc(C#N)c(N3CCC(CC(=O)N4CCCC4)CC3)c2c1. The summed E-state index contributed by atoms with van der Waals surface area (Å²) < 4.78 is 0. The van der Waals surface area contributed by atoms with Crippen LogP contribution in [0.2, 0.25) is 0 Å². The Morgan fingerprint density at radius 2 is 1.89 bits per heavy atom. The molecule has 4 rings (SSSR count). The number of hydrogen-bond donors (Lipinski definition) is 0. The molecule has 2 aromatic rings. The largest absolute Gasteiger partial charge is 0.370 e. The lowest BCUT2D eigenvalue weighted by molar-refractivity contribution is -0.131. The predicted octanol–water partition coefficient (Wildman–Crippen LogP) is 3.95. The number of amides is 1. The molecule has 2 aliphatic rings. The smallest absolute Gasteiger partial charge is 0.222 e. The number of pyridine rings is 1. The maximum Gasteiger partial charge on any atom is 0.222 e. The molecule has 0 atom stereocenters. The average Bonchev–Trinajstić information content (AvgIpc) is 3.23. The zero-order valence-electron chi connectivity index (χ0n) is 16.9. The summed E-state index contributed by atoms with van der Waals surface area (Å²) in [5.41, 5.74) is 4.97. The van der Waals surface area contributed by atoms with Crippen LogP contribution in [0.5, 0.6) is 0 Å². The fraction of sp³-hybridized carbons (Fsp3) is 0.522. The van der Waals surface area contributed by atoms with Crippen LogP contribution in [0.25, 0.3) is 10.9 Å². The van der Waals surface area contributed by atoms with Crippen molar-refractivity contribution in [3.05, 3.63) is 35.0 Å². The fourth-order valence-electron chi connectivity index (χ4n) is 4.77. The first-order chi connectivity index (χ1) is 13.6. The molecule has 0 N–H and O–H groups in total. The van der Waals surface area contributed by atoms with Gasteiger partial charge < -0.3 is 9.80 Å². The maximum atomic E-state index is 12.5. The number of piperidine rings is 1. The van der Waals surface area contributed by atoms with E-state index in [1.165, 1.54) is 5.56 Å². The van der Waals surface area contributed by atoms with E-state index in [-0.39, 0.29) is 0 Å². The van der Waals surface area contributed by atoms with Gasteiger partial charge in [0.05, 0.1) is 16.8 Å². The summed E-state index contributed by atoms with van der Waals surface area (Å²) >= 11 is 0. The number of rotatable bonds is 3. The number of nitrogens with zero attached hydrogens (tertiary/aromatic N) is 4. The van der Waals surface area contributed by atoms with Crippen molar-refractivity contribution in [2.24, 2.45) is 5.92 Å². The van der Waals surface area contributed by atoms with Gasteiger partial charge >= 0.3 is 0 Å². The summed E-state index contributed by atoms with van der Waals surface area (Å²) in [6, 6.07) is 6.63. The van der Waals surface area contributed by atoms with Crippen molar-refractivity contribution in [2.75, 3.05) is 31.1 Å². The molecule has 1 aromatic heterocycles. The van der Waals surface area contributed by atoms with Crippen molar-refractivity contribution in [3.63, 3.8) is 0 Å². The Balaban J connectivity index is 1.53. The Morgan fingerprint density at radius 1 is 1.18 bits per heavy atom. The number of carbonyl (C=O) groups excluding carboxylic acids is 1. The third kappa shape index (κ3) is 3.56. The van der Waals surface area contributed by atoms with Crippen molar-refractivity contribution in [1.82, 2.24) is 9.88 Å². The molecule has 1 amide bonds. The van der Waals surface area contributed by atoms with Gasteiger partial charge in [-0.15, -0.1) is 0 Å². The first-order valence-corrected chi connectivity index (χ1v) is 10.4. The van der Waals surface area contributed by atoms with Crippen molar-refractivity contribution in [1.29, 1.82) is 5.26 Å². The Labute approximate surface area is 167 Å². The summed E-state index contributed by atoms with van der Waals surface area (Å²) in [5.74, 6) is 0.778. The number of likely N-dealkylation sites (tertiary alicyclic amines) is 1. The molecule has 28 heavy (non-hydrogen) atoms. The van der Waals surface area contributed by atoms with Crippen molar-refractivity contribution in [3.8, 4) is 6.07 Å². The zero-order valence-corrected chi connectivity index (χ0v) is 16.9. The molecular weight excluding hydrogens is 348 g/mol. The van der Waals surface area contributed by atoms with Crippen LogP contribution in [0.1, 0.15) is 48.8 Å². The summed E-state index contributed by atoms with van der Waals surface area (Å²) in [6.07, 6.45) is 6.68. The molecule has 2 aliphatic heterocycles. The standard InChI is InChI=1S/C23H28N4O/c1-16-11-17(2)22-20(12-16)23(19(14-24)15-25-22)27-9-5-18(6-10-27)13-21(28)26-7-3-4-8-26/h11-12,15,18H,3-10,13H2,1-2H3. The van der Waals surface area contributed by atoms with Crippen molar-refractivity contribution >= 4 is 22.5 Å². The van der Waals surface area contributed by atoms with Gasteiger partial charge in [0.2, 0.25) is 5.91 Å². The van der Waals surface area contributed by atoms with E-state index in [0.717, 1.165) is 74.0 Å². The van der Waals surface area contributed by atoms with Crippen LogP contribution >= 0.6 is 0 Å². The number of anilines is 1. The van der Waals surface area contributed by atoms with E-state index in [2.05, 4.69) is 41.9 Å². The Bertz CT molecular complexity index is 932. The van der Waals surface area contributed by atoms with Crippen LogP contribution in [0, 0.1) is 31.1 Å². The molecule has 5 heteroatoms. The first kappa shape index (κ1) is 18.7. The molecule has 0 bridgehead atoms. The second-order valence-corrected chi connectivity index (χ2v) is 8.33. The maximum absolute atomic E-state index is 12.5. The number of benzene rings is 1. The Hall–Kier alpha value is -2.61. The van der Waals surface area contributed by atoms with E-state index < -0.39 is 0 Å². The van der Waals surface area contributed by atoms with Crippen LogP contribution in [0.3, 0.4) is 0 Å². The lowest BCUT2D eigenvalue weighted by Gasteiger charge is -2.35. The van der Waals surface area contributed by atoms with Gasteiger partial charge in [-0.2, -0.15) is 5.26 Å². The minimum absolute atomic E-state index is 0.328. The molecule has 2 fully saturated rings. The second kappa shape index (κ2) is 7.79. The van der Waals surface area contributed by atoms with Crippen LogP contribution in [-0.4, -0.2) is 42.0 Å². The number of carbonyl (C=O) groups is 1. The molecule has 146 valence electrons. The van der Waals surface area contributed by atoms with E-state index in [0.29, 0.717) is 23.8 Å². The van der Waals surface area contributed by atoms with Crippen LogP contribution in [0.15, 0.2) is 18.3 Å². The van der Waals surface area contributed by atoms with Crippen molar-refractivity contribution in [2.45, 2.75) is 46.0 Å². The Morgan fingerprint density at radius 3 is 2.57 bits per heavy atom. The van der Waals surface area contributed by atoms with Gasteiger partial charge in [-0.05, 0) is 57.1 Å². The van der Waals surface area contributed by atoms with Gasteiger partial charge in [0.1, 0.15) is 6.07 Å². The molecule has 1 aromatic carbocycles. The van der Waals surface area contributed by atoms with E-state index in [1.54, 1.807) is 6.20 Å². The van der Waals surface area contributed by atoms with E-state index >= 15 is 0 Å². The van der Waals surface area contributed by atoms with Gasteiger partial charge in [-0.25, -0.2) is 0 Å². The normalized spacial score (nSPS) is 17.9. The summed E-state index contributed by atoms with van der Waals surface area (Å²) in [6.45, 7) is 7.81. The molecule has 0 spiro atoms. The molecule has 5 nitrogen and oxygen atoms in total. The first-order valence-electron chi connectivity index (χ1n) is 10.4. The van der Waals surface area contributed by atoms with Gasteiger partial charge in [-0.3, -0.25) is 9.78 Å². The van der Waals surface area contributed by atoms with Gasteiger partial charge in [0, 0.05) is 44.2 Å². The summed E-state index contributed by atoms with van der Waals surface area (Å²) in [5, 5.41) is 10.7. The van der Waals surface area contributed by atoms with E-state index in [4.69, 9.17) is 0 Å².